The van der Waals surface area contributed by atoms with Crippen molar-refractivity contribution in [2.45, 2.75) is 50.5 Å². The molecule has 1 aliphatic heterocycles. The van der Waals surface area contributed by atoms with Gasteiger partial charge in [-0.15, -0.1) is 0 Å². The average Bonchev–Trinajstić information content (AvgIpc) is 3.25. The van der Waals surface area contributed by atoms with Gasteiger partial charge in [-0.25, -0.2) is 8.42 Å². The Labute approximate surface area is 219 Å². The zero-order valence-electron chi connectivity index (χ0n) is 21.1. The van der Waals surface area contributed by atoms with Gasteiger partial charge in [0.1, 0.15) is 18.3 Å². The van der Waals surface area contributed by atoms with Crippen molar-refractivity contribution >= 4 is 9.84 Å². The van der Waals surface area contributed by atoms with Crippen LogP contribution in [-0.2, 0) is 48.6 Å². The molecule has 0 aromatic heterocycles. The zero-order chi connectivity index (χ0) is 26.1. The molecule has 0 radical (unpaired) electrons. The van der Waals surface area contributed by atoms with Crippen LogP contribution in [0.3, 0.4) is 0 Å². The van der Waals surface area contributed by atoms with Crippen molar-refractivity contribution in [1.82, 2.24) is 0 Å². The van der Waals surface area contributed by atoms with E-state index in [2.05, 4.69) is 6.58 Å². The highest BCUT2D eigenvalue weighted by atomic mass is 32.2. The highest BCUT2D eigenvalue weighted by Crippen LogP contribution is 2.33. The van der Waals surface area contributed by atoms with Crippen molar-refractivity contribution in [3.8, 4) is 0 Å². The van der Waals surface area contributed by atoms with Gasteiger partial charge in [0, 0.05) is 0 Å². The van der Waals surface area contributed by atoms with Crippen LogP contribution in [0.4, 0.5) is 0 Å². The number of hydrogen-bond acceptors (Lipinski definition) is 6. The van der Waals surface area contributed by atoms with Gasteiger partial charge >= 0.3 is 0 Å². The van der Waals surface area contributed by atoms with Gasteiger partial charge < -0.3 is 18.9 Å². The number of benzene rings is 3. The summed E-state index contributed by atoms with van der Waals surface area (Å²) in [5.74, 6) is -0.189. The van der Waals surface area contributed by atoms with Gasteiger partial charge in [0.2, 0.25) is 0 Å². The van der Waals surface area contributed by atoms with Crippen molar-refractivity contribution in [1.29, 1.82) is 0 Å². The lowest BCUT2D eigenvalue weighted by atomic mass is 10.1. The fourth-order valence-electron chi connectivity index (χ4n) is 4.32. The van der Waals surface area contributed by atoms with Crippen molar-refractivity contribution in [2.24, 2.45) is 0 Å². The first-order chi connectivity index (χ1) is 17.9. The molecule has 1 saturated heterocycles. The first-order valence-electron chi connectivity index (χ1n) is 12.4. The van der Waals surface area contributed by atoms with Crippen LogP contribution < -0.4 is 0 Å². The largest absolute Gasteiger partial charge is 0.374 e. The number of rotatable bonds is 13. The second-order valence-corrected chi connectivity index (χ2v) is 11.4. The SMILES string of the molecule is C=C(C)CS(=O)(=O)[C@@H]1O[C@H](COCc2ccccc2)[C@@H](OCc2ccccc2)[C@@H]1OCc1ccccc1. The highest BCUT2D eigenvalue weighted by molar-refractivity contribution is 7.92. The summed E-state index contributed by atoms with van der Waals surface area (Å²) in [4.78, 5) is 0. The lowest BCUT2D eigenvalue weighted by molar-refractivity contribution is -0.0896. The van der Waals surface area contributed by atoms with E-state index >= 15 is 0 Å². The summed E-state index contributed by atoms with van der Waals surface area (Å²) in [5.41, 5.74) is 2.27. The molecule has 1 fully saturated rings. The first kappa shape index (κ1) is 27.2. The first-order valence-corrected chi connectivity index (χ1v) is 14.1. The van der Waals surface area contributed by atoms with E-state index in [4.69, 9.17) is 18.9 Å². The minimum absolute atomic E-state index is 0.165. The summed E-state index contributed by atoms with van der Waals surface area (Å²) in [5, 5.41) is 0. The number of sulfone groups is 1. The van der Waals surface area contributed by atoms with Gasteiger partial charge in [-0.05, 0) is 23.6 Å². The molecule has 1 aliphatic rings. The summed E-state index contributed by atoms with van der Waals surface area (Å²) in [6.07, 6.45) is -2.11. The van der Waals surface area contributed by atoms with Crippen LogP contribution >= 0.6 is 0 Å². The van der Waals surface area contributed by atoms with Gasteiger partial charge in [0.15, 0.2) is 15.3 Å². The van der Waals surface area contributed by atoms with Crippen LogP contribution in [0.5, 0.6) is 0 Å². The van der Waals surface area contributed by atoms with E-state index in [9.17, 15) is 8.42 Å². The van der Waals surface area contributed by atoms with Gasteiger partial charge in [0.25, 0.3) is 0 Å². The molecule has 0 bridgehead atoms. The molecule has 3 aromatic rings. The molecule has 6 nitrogen and oxygen atoms in total. The van der Waals surface area contributed by atoms with Gasteiger partial charge in [-0.1, -0.05) is 103 Å². The van der Waals surface area contributed by atoms with Gasteiger partial charge in [-0.3, -0.25) is 0 Å². The van der Waals surface area contributed by atoms with E-state index in [1.165, 1.54) is 0 Å². The molecule has 0 unspecified atom stereocenters. The molecule has 0 aliphatic carbocycles. The summed E-state index contributed by atoms with van der Waals surface area (Å²) < 4.78 is 51.4. The molecule has 0 spiro atoms. The second-order valence-electron chi connectivity index (χ2n) is 9.33. The Bertz CT molecular complexity index is 1210. The Balaban J connectivity index is 1.56. The van der Waals surface area contributed by atoms with Crippen LogP contribution in [0, 0.1) is 0 Å². The predicted molar refractivity (Wildman–Crippen MR) is 143 cm³/mol. The molecule has 1 heterocycles. The van der Waals surface area contributed by atoms with Crippen LogP contribution in [0.25, 0.3) is 0 Å². The third-order valence-electron chi connectivity index (χ3n) is 6.03. The average molecular weight is 523 g/mol. The maximum Gasteiger partial charge on any atom is 0.188 e. The van der Waals surface area contributed by atoms with E-state index in [0.29, 0.717) is 18.8 Å². The summed E-state index contributed by atoms with van der Waals surface area (Å²) in [7, 11) is -3.72. The smallest absolute Gasteiger partial charge is 0.188 e. The maximum atomic E-state index is 13.4. The normalized spacial score (nSPS) is 21.6. The van der Waals surface area contributed by atoms with Gasteiger partial charge in [0.05, 0.1) is 32.2 Å². The van der Waals surface area contributed by atoms with Crippen LogP contribution in [0.2, 0.25) is 0 Å². The molecule has 196 valence electrons. The van der Waals surface area contributed by atoms with Gasteiger partial charge in [-0.2, -0.15) is 0 Å². The Kier molecular flexibility index (Phi) is 9.66. The lowest BCUT2D eigenvalue weighted by Gasteiger charge is -2.25. The molecule has 37 heavy (non-hydrogen) atoms. The third-order valence-corrected chi connectivity index (χ3v) is 8.02. The van der Waals surface area contributed by atoms with Crippen molar-refractivity contribution in [3.63, 3.8) is 0 Å². The Morgan fingerprint density at radius 3 is 1.70 bits per heavy atom. The quantitative estimate of drug-likeness (QED) is 0.291. The fourth-order valence-corrected chi connectivity index (χ4v) is 6.12. The second kappa shape index (κ2) is 13.1. The van der Waals surface area contributed by atoms with Crippen LogP contribution in [-0.4, -0.2) is 44.5 Å². The number of hydrogen-bond donors (Lipinski definition) is 0. The molecular weight excluding hydrogens is 488 g/mol. The minimum Gasteiger partial charge on any atom is -0.374 e. The highest BCUT2D eigenvalue weighted by Gasteiger charge is 2.52. The summed E-state index contributed by atoms with van der Waals surface area (Å²) in [6.45, 7) is 6.56. The molecule has 7 heteroatoms. The predicted octanol–water partition coefficient (Wildman–Crippen LogP) is 5.09. The summed E-state index contributed by atoms with van der Waals surface area (Å²) >= 11 is 0. The van der Waals surface area contributed by atoms with Crippen molar-refractivity contribution in [3.05, 3.63) is 120 Å². The molecule has 3 aromatic carbocycles. The molecule has 4 atom stereocenters. The summed E-state index contributed by atoms with van der Waals surface area (Å²) in [6, 6.07) is 29.2. The Morgan fingerprint density at radius 2 is 1.22 bits per heavy atom. The minimum atomic E-state index is -3.72. The van der Waals surface area contributed by atoms with E-state index in [1.807, 2.05) is 91.0 Å². The maximum absolute atomic E-state index is 13.4. The van der Waals surface area contributed by atoms with E-state index in [-0.39, 0.29) is 19.0 Å². The van der Waals surface area contributed by atoms with Crippen molar-refractivity contribution in [2.75, 3.05) is 12.4 Å². The molecule has 0 saturated carbocycles. The molecule has 0 N–H and O–H groups in total. The van der Waals surface area contributed by atoms with Crippen molar-refractivity contribution < 1.29 is 27.4 Å². The Hall–Kier alpha value is -2.81. The monoisotopic (exact) mass is 522 g/mol. The molecular formula is C30H34O6S. The standard InChI is InChI=1S/C30H34O6S/c1-23(2)22-37(31,32)30-29(35-20-26-16-10-5-11-17-26)28(34-19-25-14-8-4-9-15-25)27(36-30)21-33-18-24-12-6-3-7-13-24/h3-17,27-30H,1,18-22H2,2H3/t27-,28-,29+,30+/m1/s1. The van der Waals surface area contributed by atoms with E-state index < -0.39 is 33.6 Å². The zero-order valence-corrected chi connectivity index (χ0v) is 21.9. The lowest BCUT2D eigenvalue weighted by Crippen LogP contribution is -2.41. The van der Waals surface area contributed by atoms with Crippen LogP contribution in [0.1, 0.15) is 23.6 Å². The van der Waals surface area contributed by atoms with Crippen LogP contribution in [0.15, 0.2) is 103 Å². The van der Waals surface area contributed by atoms with E-state index in [1.54, 1.807) is 6.92 Å². The molecule has 4 rings (SSSR count). The Morgan fingerprint density at radius 1 is 0.757 bits per heavy atom. The number of ether oxygens (including phenoxy) is 4. The van der Waals surface area contributed by atoms with E-state index in [0.717, 1.165) is 16.7 Å². The third kappa shape index (κ3) is 7.84. The fraction of sp³-hybridized carbons (Fsp3) is 0.333. The topological polar surface area (TPSA) is 71.1 Å². The molecule has 0 amide bonds.